The number of carbonyl (C=O) groups is 2. The standard InChI is InChI=1S/C57H106O5/c1-4-7-10-13-16-19-22-25-27-29-30-33-35-38-41-44-47-50-56(58)61-54-55(62-57(59)51-48-45-42-39-36-32-24-21-18-15-12-9-6-3)53-60-52-49-46-43-40-37-34-31-28-26-23-20-17-14-11-8-5-2/h12,15,21,24,26,28,55H,4-11,13-14,16-20,22-23,25,27,29-54H2,1-3H3/b15-12-,24-21-,28-26-. The minimum absolute atomic E-state index is 0.0822. The second-order valence-electron chi connectivity index (χ2n) is 18.5. The lowest BCUT2D eigenvalue weighted by Crippen LogP contribution is -2.30. The number of hydrogen-bond acceptors (Lipinski definition) is 5. The van der Waals surface area contributed by atoms with E-state index in [1.807, 2.05) is 0 Å². The normalized spacial score (nSPS) is 12.4. The van der Waals surface area contributed by atoms with Gasteiger partial charge < -0.3 is 14.2 Å². The van der Waals surface area contributed by atoms with Crippen molar-refractivity contribution in [3.05, 3.63) is 36.5 Å². The number of carbonyl (C=O) groups excluding carboxylic acids is 2. The summed E-state index contributed by atoms with van der Waals surface area (Å²) < 4.78 is 17.4. The van der Waals surface area contributed by atoms with Crippen LogP contribution < -0.4 is 0 Å². The summed E-state index contributed by atoms with van der Waals surface area (Å²) in [6, 6.07) is 0. The number of ether oxygens (including phenoxy) is 3. The van der Waals surface area contributed by atoms with Crippen LogP contribution in [0, 0.1) is 0 Å². The molecule has 0 saturated carbocycles. The van der Waals surface area contributed by atoms with Crippen LogP contribution >= 0.6 is 0 Å². The highest BCUT2D eigenvalue weighted by Gasteiger charge is 2.17. The van der Waals surface area contributed by atoms with Gasteiger partial charge in [-0.1, -0.05) is 243 Å². The van der Waals surface area contributed by atoms with Crippen LogP contribution in [0.4, 0.5) is 0 Å². The van der Waals surface area contributed by atoms with Gasteiger partial charge in [-0.05, 0) is 70.6 Å². The van der Waals surface area contributed by atoms with Crippen molar-refractivity contribution >= 4 is 11.9 Å². The van der Waals surface area contributed by atoms with Crippen molar-refractivity contribution in [3.63, 3.8) is 0 Å². The summed E-state index contributed by atoms with van der Waals surface area (Å²) in [5, 5.41) is 0. The molecule has 0 aromatic rings. The van der Waals surface area contributed by atoms with Gasteiger partial charge in [0.25, 0.3) is 0 Å². The molecule has 1 atom stereocenters. The Bertz CT molecular complexity index is 986. The molecule has 0 radical (unpaired) electrons. The van der Waals surface area contributed by atoms with E-state index in [4.69, 9.17) is 14.2 Å². The van der Waals surface area contributed by atoms with Gasteiger partial charge in [-0.2, -0.15) is 0 Å². The Morgan fingerprint density at radius 3 is 1.15 bits per heavy atom. The topological polar surface area (TPSA) is 61.8 Å². The molecule has 5 heteroatoms. The minimum atomic E-state index is -0.542. The summed E-state index contributed by atoms with van der Waals surface area (Å²) in [5.74, 6) is -0.401. The van der Waals surface area contributed by atoms with Gasteiger partial charge in [-0.25, -0.2) is 0 Å². The summed E-state index contributed by atoms with van der Waals surface area (Å²) in [6.45, 7) is 7.78. The summed E-state index contributed by atoms with van der Waals surface area (Å²) in [6.07, 6.45) is 64.4. The zero-order chi connectivity index (χ0) is 44.9. The molecule has 0 aliphatic rings. The lowest BCUT2D eigenvalue weighted by Gasteiger charge is -2.18. The van der Waals surface area contributed by atoms with Gasteiger partial charge in [0.1, 0.15) is 6.61 Å². The molecule has 0 amide bonds. The third-order valence-electron chi connectivity index (χ3n) is 12.1. The number of rotatable bonds is 51. The van der Waals surface area contributed by atoms with E-state index < -0.39 is 6.10 Å². The van der Waals surface area contributed by atoms with Crippen molar-refractivity contribution in [2.24, 2.45) is 0 Å². The molecule has 0 fully saturated rings. The predicted octanol–water partition coefficient (Wildman–Crippen LogP) is 18.6. The average Bonchev–Trinajstić information content (AvgIpc) is 3.27. The summed E-state index contributed by atoms with van der Waals surface area (Å²) in [7, 11) is 0. The summed E-state index contributed by atoms with van der Waals surface area (Å²) in [4.78, 5) is 25.4. The van der Waals surface area contributed by atoms with Gasteiger partial charge in [-0.15, -0.1) is 0 Å². The van der Waals surface area contributed by atoms with Crippen LogP contribution in [0.25, 0.3) is 0 Å². The lowest BCUT2D eigenvalue weighted by molar-refractivity contribution is -0.163. The van der Waals surface area contributed by atoms with Gasteiger partial charge >= 0.3 is 11.9 Å². The molecule has 5 nitrogen and oxygen atoms in total. The van der Waals surface area contributed by atoms with E-state index in [2.05, 4.69) is 57.2 Å². The third kappa shape index (κ3) is 50.8. The van der Waals surface area contributed by atoms with Crippen molar-refractivity contribution in [2.75, 3.05) is 19.8 Å². The van der Waals surface area contributed by atoms with Gasteiger partial charge in [-0.3, -0.25) is 9.59 Å². The SMILES string of the molecule is CCC/C=C\C/C=C\CCCCCCCC(=O)OC(COCCCCCCCC/C=C\CCCCCCCC)COC(=O)CCCCCCCCCCCCCCCCCCC. The number of hydrogen-bond donors (Lipinski definition) is 0. The van der Waals surface area contributed by atoms with E-state index in [1.54, 1.807) is 0 Å². The van der Waals surface area contributed by atoms with E-state index in [9.17, 15) is 9.59 Å². The van der Waals surface area contributed by atoms with E-state index in [0.29, 0.717) is 19.4 Å². The van der Waals surface area contributed by atoms with Crippen LogP contribution in [0.3, 0.4) is 0 Å². The van der Waals surface area contributed by atoms with E-state index in [0.717, 1.165) is 57.8 Å². The van der Waals surface area contributed by atoms with Crippen LogP contribution in [-0.2, 0) is 23.8 Å². The second-order valence-corrected chi connectivity index (χ2v) is 18.5. The fraction of sp³-hybridized carbons (Fsp3) is 0.860. The molecular formula is C57H106O5. The van der Waals surface area contributed by atoms with Crippen molar-refractivity contribution < 1.29 is 23.8 Å². The quantitative estimate of drug-likeness (QED) is 0.0346. The van der Waals surface area contributed by atoms with Crippen molar-refractivity contribution in [2.45, 2.75) is 297 Å². The molecule has 364 valence electrons. The largest absolute Gasteiger partial charge is 0.462 e. The molecule has 0 aliphatic heterocycles. The fourth-order valence-electron chi connectivity index (χ4n) is 8.01. The average molecular weight is 871 g/mol. The molecule has 62 heavy (non-hydrogen) atoms. The molecule has 0 saturated heterocycles. The van der Waals surface area contributed by atoms with Crippen molar-refractivity contribution in [1.82, 2.24) is 0 Å². The Hall–Kier alpha value is -1.88. The van der Waals surface area contributed by atoms with E-state index in [-0.39, 0.29) is 25.2 Å². The zero-order valence-electron chi connectivity index (χ0n) is 41.9. The highest BCUT2D eigenvalue weighted by Crippen LogP contribution is 2.16. The maximum atomic E-state index is 12.8. The molecule has 1 unspecified atom stereocenters. The molecule has 0 bridgehead atoms. The first-order valence-electron chi connectivity index (χ1n) is 27.5. The molecule has 0 aromatic carbocycles. The van der Waals surface area contributed by atoms with Crippen LogP contribution in [0.15, 0.2) is 36.5 Å². The summed E-state index contributed by atoms with van der Waals surface area (Å²) in [5.41, 5.74) is 0. The highest BCUT2D eigenvalue weighted by molar-refractivity contribution is 5.70. The smallest absolute Gasteiger partial charge is 0.306 e. The Balaban J connectivity index is 4.23. The molecular weight excluding hydrogens is 765 g/mol. The zero-order valence-corrected chi connectivity index (χ0v) is 41.9. The monoisotopic (exact) mass is 871 g/mol. The van der Waals surface area contributed by atoms with Crippen molar-refractivity contribution in [3.8, 4) is 0 Å². The predicted molar refractivity (Wildman–Crippen MR) is 270 cm³/mol. The molecule has 0 N–H and O–H groups in total. The van der Waals surface area contributed by atoms with Crippen LogP contribution in [-0.4, -0.2) is 37.9 Å². The Morgan fingerprint density at radius 1 is 0.355 bits per heavy atom. The minimum Gasteiger partial charge on any atom is -0.462 e. The first-order valence-corrected chi connectivity index (χ1v) is 27.5. The molecule has 0 rings (SSSR count). The molecule has 0 aliphatic carbocycles. The first kappa shape index (κ1) is 60.1. The Kier molecular flexibility index (Phi) is 51.8. The van der Waals surface area contributed by atoms with Gasteiger partial charge in [0, 0.05) is 19.4 Å². The molecule has 0 spiro atoms. The maximum absolute atomic E-state index is 12.8. The van der Waals surface area contributed by atoms with Crippen LogP contribution in [0.1, 0.15) is 290 Å². The van der Waals surface area contributed by atoms with Crippen molar-refractivity contribution in [1.29, 1.82) is 0 Å². The Morgan fingerprint density at radius 2 is 0.710 bits per heavy atom. The number of allylic oxidation sites excluding steroid dienone is 6. The molecule has 0 heterocycles. The summed E-state index contributed by atoms with van der Waals surface area (Å²) >= 11 is 0. The third-order valence-corrected chi connectivity index (χ3v) is 12.1. The first-order chi connectivity index (χ1) is 30.6. The lowest BCUT2D eigenvalue weighted by atomic mass is 10.0. The van der Waals surface area contributed by atoms with Gasteiger partial charge in [0.05, 0.1) is 6.61 Å². The molecule has 0 aromatic heterocycles. The van der Waals surface area contributed by atoms with E-state index in [1.165, 1.54) is 199 Å². The van der Waals surface area contributed by atoms with Crippen LogP contribution in [0.5, 0.6) is 0 Å². The van der Waals surface area contributed by atoms with Gasteiger partial charge in [0.2, 0.25) is 0 Å². The Labute approximate surface area is 387 Å². The van der Waals surface area contributed by atoms with Gasteiger partial charge in [0.15, 0.2) is 6.10 Å². The second kappa shape index (κ2) is 53.5. The fourth-order valence-corrected chi connectivity index (χ4v) is 8.01. The highest BCUT2D eigenvalue weighted by atomic mass is 16.6. The number of unbranched alkanes of at least 4 members (excludes halogenated alkanes) is 34. The number of esters is 2. The maximum Gasteiger partial charge on any atom is 0.306 e. The van der Waals surface area contributed by atoms with E-state index >= 15 is 0 Å². The van der Waals surface area contributed by atoms with Crippen LogP contribution in [0.2, 0.25) is 0 Å².